The van der Waals surface area contributed by atoms with Crippen molar-refractivity contribution in [3.05, 3.63) is 72.8 Å². The maximum absolute atomic E-state index is 13.0. The molecule has 0 spiro atoms. The van der Waals surface area contributed by atoms with Crippen molar-refractivity contribution in [2.75, 3.05) is 25.4 Å². The number of nitrogens with zero attached hydrogens (tertiary/aromatic N) is 3. The summed E-state index contributed by atoms with van der Waals surface area (Å²) in [5.41, 5.74) is 8.72. The number of rotatable bonds is 7. The fourth-order valence-corrected chi connectivity index (χ4v) is 6.93. The molecule has 2 aliphatic carbocycles. The van der Waals surface area contributed by atoms with Crippen molar-refractivity contribution >= 4 is 17.2 Å². The van der Waals surface area contributed by atoms with Gasteiger partial charge in [0.25, 0.3) is 0 Å². The van der Waals surface area contributed by atoms with E-state index in [2.05, 4.69) is 20.0 Å². The van der Waals surface area contributed by atoms with Gasteiger partial charge in [0.05, 0.1) is 19.1 Å². The van der Waals surface area contributed by atoms with Crippen molar-refractivity contribution in [3.8, 4) is 22.8 Å². The number of aromatic nitrogens is 3. The summed E-state index contributed by atoms with van der Waals surface area (Å²) in [6.07, 6.45) is 8.74. The number of imidazole rings is 1. The number of hydrogen-bond acceptors (Lipinski definition) is 7. The predicted molar refractivity (Wildman–Crippen MR) is 152 cm³/mol. The third-order valence-corrected chi connectivity index (χ3v) is 8.83. The van der Waals surface area contributed by atoms with Crippen LogP contribution in [0.2, 0.25) is 0 Å². The van der Waals surface area contributed by atoms with Crippen LogP contribution in [0, 0.1) is 0 Å². The SMILES string of the molecule is Nc1nccn2c(C34CCC(NC(=O)CC5CNCCO5)(CC3)C4)nc(-c3ccc(Oc4ccccc4)cc3)c12. The molecule has 3 fully saturated rings. The number of nitrogens with one attached hydrogen (secondary N) is 2. The lowest BCUT2D eigenvalue weighted by molar-refractivity contribution is -0.126. The molecule has 1 saturated heterocycles. The fourth-order valence-electron chi connectivity index (χ4n) is 6.93. The number of morpholine rings is 1. The highest BCUT2D eigenvalue weighted by Crippen LogP contribution is 2.57. The Bertz CT molecular complexity index is 1520. The number of anilines is 1. The van der Waals surface area contributed by atoms with Gasteiger partial charge in [-0.25, -0.2) is 9.97 Å². The zero-order valence-corrected chi connectivity index (χ0v) is 22.4. The highest BCUT2D eigenvalue weighted by Gasteiger charge is 2.57. The summed E-state index contributed by atoms with van der Waals surface area (Å²) in [6, 6.07) is 17.7. The average Bonchev–Trinajstić information content (AvgIpc) is 3.66. The van der Waals surface area contributed by atoms with Crippen molar-refractivity contribution in [3.63, 3.8) is 0 Å². The summed E-state index contributed by atoms with van der Waals surface area (Å²) < 4.78 is 13.9. The molecule has 1 amide bonds. The Balaban J connectivity index is 1.16. The van der Waals surface area contributed by atoms with Gasteiger partial charge in [-0.3, -0.25) is 9.20 Å². The van der Waals surface area contributed by atoms with Gasteiger partial charge < -0.3 is 25.8 Å². The van der Waals surface area contributed by atoms with Crippen molar-refractivity contribution in [1.29, 1.82) is 0 Å². The normalized spacial score (nSPS) is 25.8. The third-order valence-electron chi connectivity index (χ3n) is 8.83. The van der Waals surface area contributed by atoms with Gasteiger partial charge >= 0.3 is 0 Å². The Morgan fingerprint density at radius 3 is 2.62 bits per heavy atom. The standard InChI is InChI=1S/C31H34N6O3/c32-28-27-26(21-6-8-23(9-7-21)40-22-4-2-1-3-5-22)35-29(37(27)16-14-34-28)30-10-12-31(20-30,13-11-30)36-25(38)18-24-19-33-15-17-39-24/h1-9,14,16,24,33H,10-13,15,17-20H2,(H2,32,34)(H,36,38). The third kappa shape index (κ3) is 4.49. The zero-order chi connectivity index (χ0) is 27.2. The second kappa shape index (κ2) is 9.91. The number of benzene rings is 2. The van der Waals surface area contributed by atoms with E-state index < -0.39 is 0 Å². The number of carbonyl (C=O) groups excluding carboxylic acids is 1. The minimum atomic E-state index is -0.194. The molecular weight excluding hydrogens is 504 g/mol. The van der Waals surface area contributed by atoms with E-state index in [4.69, 9.17) is 20.2 Å². The van der Waals surface area contributed by atoms with E-state index in [0.29, 0.717) is 18.8 Å². The van der Waals surface area contributed by atoms with Crippen LogP contribution in [0.1, 0.15) is 44.3 Å². The highest BCUT2D eigenvalue weighted by atomic mass is 16.5. The van der Waals surface area contributed by atoms with Gasteiger partial charge in [-0.2, -0.15) is 0 Å². The Morgan fingerprint density at radius 2 is 1.88 bits per heavy atom. The number of ether oxygens (including phenoxy) is 2. The molecule has 206 valence electrons. The first-order valence-corrected chi connectivity index (χ1v) is 14.1. The molecular formula is C31H34N6O3. The Labute approximate surface area is 233 Å². The van der Waals surface area contributed by atoms with Crippen molar-refractivity contribution in [1.82, 2.24) is 25.0 Å². The van der Waals surface area contributed by atoms with E-state index in [-0.39, 0.29) is 23.0 Å². The molecule has 2 bridgehead atoms. The maximum atomic E-state index is 13.0. The monoisotopic (exact) mass is 538 g/mol. The molecule has 3 aliphatic rings. The fraction of sp³-hybridized carbons (Fsp3) is 0.387. The molecule has 40 heavy (non-hydrogen) atoms. The van der Waals surface area contributed by atoms with E-state index in [0.717, 1.165) is 79.3 Å². The smallest absolute Gasteiger partial charge is 0.223 e. The molecule has 0 radical (unpaired) electrons. The molecule has 4 N–H and O–H groups in total. The van der Waals surface area contributed by atoms with Crippen LogP contribution >= 0.6 is 0 Å². The van der Waals surface area contributed by atoms with Crippen molar-refractivity contribution < 1.29 is 14.3 Å². The molecule has 7 rings (SSSR count). The molecule has 2 aromatic carbocycles. The average molecular weight is 539 g/mol. The molecule has 1 unspecified atom stereocenters. The van der Waals surface area contributed by atoms with Gasteiger partial charge in [-0.15, -0.1) is 0 Å². The minimum Gasteiger partial charge on any atom is -0.457 e. The first-order valence-electron chi connectivity index (χ1n) is 14.1. The Morgan fingerprint density at radius 1 is 1.10 bits per heavy atom. The van der Waals surface area contributed by atoms with E-state index in [1.165, 1.54) is 0 Å². The number of amides is 1. The molecule has 3 heterocycles. The van der Waals surface area contributed by atoms with E-state index in [9.17, 15) is 4.79 Å². The Hall–Kier alpha value is -3.95. The summed E-state index contributed by atoms with van der Waals surface area (Å²) in [5, 5.41) is 6.72. The summed E-state index contributed by atoms with van der Waals surface area (Å²) >= 11 is 0. The lowest BCUT2D eigenvalue weighted by Crippen LogP contribution is -2.48. The zero-order valence-electron chi connectivity index (χ0n) is 22.4. The first-order chi connectivity index (χ1) is 19.5. The van der Waals surface area contributed by atoms with E-state index in [1.807, 2.05) is 60.8 Å². The van der Waals surface area contributed by atoms with Crippen LogP contribution in [0.25, 0.3) is 16.8 Å². The molecule has 1 atom stereocenters. The van der Waals surface area contributed by atoms with Gasteiger partial charge in [-0.1, -0.05) is 18.2 Å². The lowest BCUT2D eigenvalue weighted by Gasteiger charge is -2.30. The quantitative estimate of drug-likeness (QED) is 0.323. The molecule has 9 nitrogen and oxygen atoms in total. The minimum absolute atomic E-state index is 0.0588. The topological polar surface area (TPSA) is 116 Å². The predicted octanol–water partition coefficient (Wildman–Crippen LogP) is 4.22. The van der Waals surface area contributed by atoms with Gasteiger partial charge in [0.1, 0.15) is 34.4 Å². The number of fused-ring (bicyclic) bond motifs is 3. The van der Waals surface area contributed by atoms with E-state index in [1.54, 1.807) is 6.20 Å². The van der Waals surface area contributed by atoms with Crippen LogP contribution in [0.4, 0.5) is 5.82 Å². The number of para-hydroxylation sites is 1. The summed E-state index contributed by atoms with van der Waals surface area (Å²) in [4.78, 5) is 22.6. The van der Waals surface area contributed by atoms with Gasteiger partial charge in [-0.05, 0) is 68.5 Å². The molecule has 2 saturated carbocycles. The van der Waals surface area contributed by atoms with E-state index >= 15 is 0 Å². The largest absolute Gasteiger partial charge is 0.457 e. The van der Waals surface area contributed by atoms with Crippen LogP contribution in [-0.4, -0.2) is 51.6 Å². The molecule has 9 heteroatoms. The maximum Gasteiger partial charge on any atom is 0.223 e. The first kappa shape index (κ1) is 25.0. The van der Waals surface area contributed by atoms with Crippen LogP contribution in [0.15, 0.2) is 67.0 Å². The van der Waals surface area contributed by atoms with Crippen LogP contribution in [0.5, 0.6) is 11.5 Å². The Kier molecular flexibility index (Phi) is 6.20. The molecule has 4 aromatic rings. The second-order valence-electron chi connectivity index (χ2n) is 11.4. The van der Waals surface area contributed by atoms with Crippen LogP contribution in [0.3, 0.4) is 0 Å². The summed E-state index contributed by atoms with van der Waals surface area (Å²) in [5.74, 6) is 3.08. The highest BCUT2D eigenvalue weighted by molar-refractivity contribution is 5.85. The molecule has 1 aliphatic heterocycles. The summed E-state index contributed by atoms with van der Waals surface area (Å²) in [6.45, 7) is 2.22. The van der Waals surface area contributed by atoms with Crippen molar-refractivity contribution in [2.24, 2.45) is 0 Å². The van der Waals surface area contributed by atoms with Gasteiger partial charge in [0, 0.05) is 42.0 Å². The lowest BCUT2D eigenvalue weighted by atomic mass is 9.83. The number of nitrogen functional groups attached to an aromatic ring is 1. The van der Waals surface area contributed by atoms with Crippen LogP contribution < -0.4 is 21.1 Å². The second-order valence-corrected chi connectivity index (χ2v) is 11.4. The van der Waals surface area contributed by atoms with Gasteiger partial charge in [0.2, 0.25) is 5.91 Å². The summed E-state index contributed by atoms with van der Waals surface area (Å²) in [7, 11) is 0. The number of nitrogens with two attached hydrogens (primary N) is 1. The van der Waals surface area contributed by atoms with Crippen LogP contribution in [-0.2, 0) is 14.9 Å². The molecule has 2 aromatic heterocycles. The van der Waals surface area contributed by atoms with Crippen molar-refractivity contribution in [2.45, 2.75) is 55.6 Å². The van der Waals surface area contributed by atoms with Gasteiger partial charge in [0.15, 0.2) is 0 Å². The number of carbonyl (C=O) groups is 1. The number of hydrogen-bond donors (Lipinski definition) is 3.